The van der Waals surface area contributed by atoms with Crippen molar-refractivity contribution in [2.45, 2.75) is 32.7 Å². The molecule has 1 aliphatic rings. The van der Waals surface area contributed by atoms with Crippen molar-refractivity contribution in [3.63, 3.8) is 0 Å². The summed E-state index contributed by atoms with van der Waals surface area (Å²) in [4.78, 5) is 15.8. The van der Waals surface area contributed by atoms with Crippen molar-refractivity contribution < 1.29 is 4.79 Å². The number of aryl methyl sites for hydroxylation is 1. The number of carbonyl (C=O) groups excluding carboxylic acids is 1. The predicted octanol–water partition coefficient (Wildman–Crippen LogP) is 1.84. The normalized spacial score (nSPS) is 19.5. The maximum Gasteiger partial charge on any atom is 0.250 e. The van der Waals surface area contributed by atoms with E-state index in [1.165, 1.54) is 11.1 Å². The molecule has 0 spiro atoms. The quantitative estimate of drug-likeness (QED) is 0.823. The molecule has 1 unspecified atom stereocenters. The summed E-state index contributed by atoms with van der Waals surface area (Å²) in [7, 11) is 0. The summed E-state index contributed by atoms with van der Waals surface area (Å²) in [5.41, 5.74) is 2.42. The molecule has 1 atom stereocenters. The summed E-state index contributed by atoms with van der Waals surface area (Å²) in [6.45, 7) is 4.04. The highest BCUT2D eigenvalue weighted by Crippen LogP contribution is 2.09. The van der Waals surface area contributed by atoms with Crippen LogP contribution in [0.25, 0.3) is 0 Å². The number of hydrogen-bond donors (Lipinski definition) is 1. The van der Waals surface area contributed by atoms with Crippen LogP contribution in [0.4, 0.5) is 0 Å². The summed E-state index contributed by atoms with van der Waals surface area (Å²) in [5, 5.41) is 2.83. The van der Waals surface area contributed by atoms with E-state index in [0.29, 0.717) is 6.42 Å². The van der Waals surface area contributed by atoms with Crippen LogP contribution in [-0.2, 0) is 11.2 Å². The molecule has 3 heteroatoms. The van der Waals surface area contributed by atoms with Gasteiger partial charge in [0.05, 0.1) is 0 Å². The fourth-order valence-corrected chi connectivity index (χ4v) is 1.77. The first kappa shape index (κ1) is 10.9. The summed E-state index contributed by atoms with van der Waals surface area (Å²) in [6, 6.07) is 8.11. The SMILES string of the molecule is CCC1N=C(Cc2ccc(C)cc2)NC1=O. The monoisotopic (exact) mass is 216 g/mol. The summed E-state index contributed by atoms with van der Waals surface area (Å²) in [6.07, 6.45) is 1.48. The fraction of sp³-hybridized carbons (Fsp3) is 0.385. The Kier molecular flexibility index (Phi) is 3.04. The van der Waals surface area contributed by atoms with E-state index in [1.807, 2.05) is 6.92 Å². The van der Waals surface area contributed by atoms with E-state index in [0.717, 1.165) is 12.3 Å². The van der Waals surface area contributed by atoms with Crippen LogP contribution in [0.1, 0.15) is 24.5 Å². The van der Waals surface area contributed by atoms with Gasteiger partial charge in [0.1, 0.15) is 11.9 Å². The predicted molar refractivity (Wildman–Crippen MR) is 64.5 cm³/mol. The molecule has 1 aromatic rings. The molecular formula is C13H16N2O. The molecule has 3 nitrogen and oxygen atoms in total. The van der Waals surface area contributed by atoms with Crippen molar-refractivity contribution in [2.24, 2.45) is 4.99 Å². The summed E-state index contributed by atoms with van der Waals surface area (Å²) < 4.78 is 0. The summed E-state index contributed by atoms with van der Waals surface area (Å²) in [5.74, 6) is 0.824. The Morgan fingerprint density at radius 2 is 2.00 bits per heavy atom. The molecule has 1 heterocycles. The van der Waals surface area contributed by atoms with Gasteiger partial charge in [0.25, 0.3) is 0 Å². The molecular weight excluding hydrogens is 200 g/mol. The average molecular weight is 216 g/mol. The molecule has 0 aliphatic carbocycles. The highest BCUT2D eigenvalue weighted by atomic mass is 16.2. The minimum atomic E-state index is -0.180. The van der Waals surface area contributed by atoms with Crippen molar-refractivity contribution in [2.75, 3.05) is 0 Å². The van der Waals surface area contributed by atoms with Crippen molar-refractivity contribution in [3.8, 4) is 0 Å². The molecule has 0 saturated heterocycles. The lowest BCUT2D eigenvalue weighted by atomic mass is 10.1. The Bertz CT molecular complexity index is 420. The second-order valence-electron chi connectivity index (χ2n) is 4.15. The molecule has 16 heavy (non-hydrogen) atoms. The van der Waals surface area contributed by atoms with Gasteiger partial charge in [-0.25, -0.2) is 0 Å². The fourth-order valence-electron chi connectivity index (χ4n) is 1.77. The van der Waals surface area contributed by atoms with E-state index >= 15 is 0 Å². The molecule has 1 N–H and O–H groups in total. The van der Waals surface area contributed by atoms with Gasteiger partial charge in [0.2, 0.25) is 5.91 Å². The van der Waals surface area contributed by atoms with Crippen LogP contribution in [-0.4, -0.2) is 17.8 Å². The second-order valence-corrected chi connectivity index (χ2v) is 4.15. The molecule has 0 aromatic heterocycles. The number of amidine groups is 1. The van der Waals surface area contributed by atoms with E-state index < -0.39 is 0 Å². The smallest absolute Gasteiger partial charge is 0.250 e. The lowest BCUT2D eigenvalue weighted by molar-refractivity contribution is -0.120. The molecule has 1 aromatic carbocycles. The molecule has 0 radical (unpaired) electrons. The highest BCUT2D eigenvalue weighted by Gasteiger charge is 2.23. The molecule has 2 rings (SSSR count). The van der Waals surface area contributed by atoms with Gasteiger partial charge in [0.15, 0.2) is 0 Å². The Balaban J connectivity index is 2.06. The molecule has 84 valence electrons. The van der Waals surface area contributed by atoms with Crippen LogP contribution in [0.2, 0.25) is 0 Å². The van der Waals surface area contributed by atoms with E-state index in [4.69, 9.17) is 0 Å². The van der Waals surface area contributed by atoms with Gasteiger partial charge in [-0.05, 0) is 18.9 Å². The maximum atomic E-state index is 11.4. The number of benzene rings is 1. The molecule has 1 aliphatic heterocycles. The Hall–Kier alpha value is -1.64. The van der Waals surface area contributed by atoms with E-state index in [2.05, 4.69) is 41.5 Å². The third kappa shape index (κ3) is 2.30. The molecule has 0 bridgehead atoms. The van der Waals surface area contributed by atoms with Crippen molar-refractivity contribution >= 4 is 11.7 Å². The largest absolute Gasteiger partial charge is 0.312 e. The number of aliphatic imine (C=N–C) groups is 1. The summed E-state index contributed by atoms with van der Waals surface area (Å²) >= 11 is 0. The zero-order valence-corrected chi connectivity index (χ0v) is 9.66. The van der Waals surface area contributed by atoms with Crippen LogP contribution in [0.3, 0.4) is 0 Å². The molecule has 0 fully saturated rings. The van der Waals surface area contributed by atoms with Crippen LogP contribution in [0.15, 0.2) is 29.3 Å². The first-order chi connectivity index (χ1) is 7.69. The lowest BCUT2D eigenvalue weighted by Gasteiger charge is -2.01. The highest BCUT2D eigenvalue weighted by molar-refractivity contribution is 6.06. The third-order valence-corrected chi connectivity index (χ3v) is 2.76. The van der Waals surface area contributed by atoms with Crippen molar-refractivity contribution in [1.29, 1.82) is 0 Å². The van der Waals surface area contributed by atoms with Crippen LogP contribution in [0.5, 0.6) is 0 Å². The van der Waals surface area contributed by atoms with Crippen LogP contribution in [0, 0.1) is 6.92 Å². The van der Waals surface area contributed by atoms with E-state index in [9.17, 15) is 4.79 Å². The van der Waals surface area contributed by atoms with Gasteiger partial charge in [-0.3, -0.25) is 9.79 Å². The third-order valence-electron chi connectivity index (χ3n) is 2.76. The van der Waals surface area contributed by atoms with Gasteiger partial charge in [-0.2, -0.15) is 0 Å². The topological polar surface area (TPSA) is 41.5 Å². The lowest BCUT2D eigenvalue weighted by Crippen LogP contribution is -2.29. The first-order valence-electron chi connectivity index (χ1n) is 5.62. The molecule has 0 saturated carbocycles. The first-order valence-corrected chi connectivity index (χ1v) is 5.62. The van der Waals surface area contributed by atoms with Gasteiger partial charge < -0.3 is 5.32 Å². The Morgan fingerprint density at radius 3 is 2.56 bits per heavy atom. The van der Waals surface area contributed by atoms with Crippen molar-refractivity contribution in [1.82, 2.24) is 5.32 Å². The standard InChI is InChI=1S/C13H16N2O/c1-3-11-13(16)15-12(14-11)8-10-6-4-9(2)5-7-10/h4-7,11H,3,8H2,1-2H3,(H,14,15,16). The van der Waals surface area contributed by atoms with Crippen LogP contribution < -0.4 is 5.32 Å². The van der Waals surface area contributed by atoms with Gasteiger partial charge in [-0.15, -0.1) is 0 Å². The number of carbonyl (C=O) groups is 1. The van der Waals surface area contributed by atoms with Gasteiger partial charge in [-0.1, -0.05) is 36.8 Å². The van der Waals surface area contributed by atoms with Crippen LogP contribution >= 0.6 is 0 Å². The van der Waals surface area contributed by atoms with Gasteiger partial charge in [0, 0.05) is 6.42 Å². The number of nitrogens with zero attached hydrogens (tertiary/aromatic N) is 1. The average Bonchev–Trinajstić information content (AvgIpc) is 2.62. The zero-order chi connectivity index (χ0) is 11.5. The number of nitrogens with one attached hydrogen (secondary N) is 1. The van der Waals surface area contributed by atoms with E-state index in [1.54, 1.807) is 0 Å². The maximum absolute atomic E-state index is 11.4. The zero-order valence-electron chi connectivity index (χ0n) is 9.66. The Labute approximate surface area is 95.6 Å². The Morgan fingerprint density at radius 1 is 1.31 bits per heavy atom. The second kappa shape index (κ2) is 4.47. The number of hydrogen-bond acceptors (Lipinski definition) is 2. The minimum absolute atomic E-state index is 0.0320. The van der Waals surface area contributed by atoms with Gasteiger partial charge >= 0.3 is 0 Å². The molecule has 1 amide bonds. The van der Waals surface area contributed by atoms with Crippen molar-refractivity contribution in [3.05, 3.63) is 35.4 Å². The number of amides is 1. The van der Waals surface area contributed by atoms with E-state index in [-0.39, 0.29) is 11.9 Å². The number of rotatable bonds is 3. The minimum Gasteiger partial charge on any atom is -0.312 e.